The van der Waals surface area contributed by atoms with E-state index in [1.54, 1.807) is 43.3 Å². The number of nitrogens with zero attached hydrogens (tertiary/aromatic N) is 1. The van der Waals surface area contributed by atoms with Crippen LogP contribution in [-0.2, 0) is 10.2 Å². The minimum absolute atomic E-state index is 0.0707. The third-order valence-electron chi connectivity index (χ3n) is 5.88. The van der Waals surface area contributed by atoms with E-state index in [0.717, 1.165) is 11.1 Å². The molecule has 7 nitrogen and oxygen atoms in total. The largest absolute Gasteiger partial charge is 0.586 e. The normalized spacial score (nSPS) is 16.8. The molecule has 1 fully saturated rings. The second kappa shape index (κ2) is 7.26. The van der Waals surface area contributed by atoms with Gasteiger partial charge >= 0.3 is 12.3 Å². The zero-order valence-corrected chi connectivity index (χ0v) is 17.4. The van der Waals surface area contributed by atoms with Crippen LogP contribution in [0.25, 0.3) is 11.3 Å². The number of halogens is 2. The maximum atomic E-state index is 13.3. The van der Waals surface area contributed by atoms with Crippen molar-refractivity contribution in [2.75, 3.05) is 5.32 Å². The van der Waals surface area contributed by atoms with Gasteiger partial charge in [-0.1, -0.05) is 18.2 Å². The Morgan fingerprint density at radius 3 is 2.48 bits per heavy atom. The average molecular weight is 452 g/mol. The number of benzene rings is 2. The number of nitrogens with one attached hydrogen (secondary N) is 1. The maximum Gasteiger partial charge on any atom is 0.586 e. The minimum atomic E-state index is -3.72. The fourth-order valence-corrected chi connectivity index (χ4v) is 3.99. The zero-order chi connectivity index (χ0) is 23.4. The molecule has 0 bridgehead atoms. The van der Waals surface area contributed by atoms with Gasteiger partial charge in [0, 0.05) is 5.56 Å². The van der Waals surface area contributed by atoms with Crippen molar-refractivity contribution in [2.45, 2.75) is 31.5 Å². The first-order valence-corrected chi connectivity index (χ1v) is 10.2. The highest BCUT2D eigenvalue weighted by atomic mass is 19.3. The summed E-state index contributed by atoms with van der Waals surface area (Å²) in [5.74, 6) is -1.15. The van der Waals surface area contributed by atoms with Crippen molar-refractivity contribution in [3.63, 3.8) is 0 Å². The number of carboxylic acid groups (broad SMARTS) is 1. The molecule has 2 aliphatic rings. The van der Waals surface area contributed by atoms with E-state index in [0.29, 0.717) is 29.9 Å². The monoisotopic (exact) mass is 452 g/mol. The Labute approximate surface area is 187 Å². The number of pyridine rings is 1. The van der Waals surface area contributed by atoms with Gasteiger partial charge in [0.15, 0.2) is 11.5 Å². The fraction of sp³-hybridized carbons (Fsp3) is 0.208. The topological polar surface area (TPSA) is 97.8 Å². The standard InChI is InChI=1S/C24H18F2N2O5/c1-13-11-14(21(29)30)5-7-16(13)17-3-2-4-20(27-17)28-22(31)23(9-10-23)15-6-8-18-19(12-15)33-24(25,26)32-18/h2-8,11-12H,9-10H2,1H3,(H,29,30)(H,27,28,31). The van der Waals surface area contributed by atoms with Crippen molar-refractivity contribution in [1.82, 2.24) is 4.98 Å². The number of anilines is 1. The number of amides is 1. The quantitative estimate of drug-likeness (QED) is 0.580. The van der Waals surface area contributed by atoms with E-state index in [1.165, 1.54) is 18.2 Å². The number of ether oxygens (including phenoxy) is 2. The highest BCUT2D eigenvalue weighted by Gasteiger charge is 2.53. The van der Waals surface area contributed by atoms with Gasteiger partial charge in [-0.3, -0.25) is 4.79 Å². The second-order valence-corrected chi connectivity index (χ2v) is 8.11. The van der Waals surface area contributed by atoms with Crippen molar-refractivity contribution >= 4 is 17.7 Å². The zero-order valence-electron chi connectivity index (χ0n) is 17.4. The van der Waals surface area contributed by atoms with Gasteiger partial charge in [-0.2, -0.15) is 0 Å². The molecule has 9 heteroatoms. The maximum absolute atomic E-state index is 13.3. The lowest BCUT2D eigenvalue weighted by molar-refractivity contribution is -0.286. The number of rotatable bonds is 5. The molecule has 0 spiro atoms. The molecule has 0 atom stereocenters. The molecule has 0 saturated heterocycles. The Kier molecular flexibility index (Phi) is 4.59. The SMILES string of the molecule is Cc1cc(C(=O)O)ccc1-c1cccc(NC(=O)C2(c3ccc4c(c3)OC(F)(F)O4)CC2)n1. The van der Waals surface area contributed by atoms with Crippen LogP contribution in [0, 0.1) is 6.92 Å². The number of fused-ring (bicyclic) bond motifs is 1. The van der Waals surface area contributed by atoms with E-state index in [2.05, 4.69) is 19.8 Å². The Morgan fingerprint density at radius 2 is 1.79 bits per heavy atom. The van der Waals surface area contributed by atoms with E-state index in [9.17, 15) is 18.4 Å². The number of carboxylic acids is 1. The van der Waals surface area contributed by atoms with Gasteiger partial charge in [0.2, 0.25) is 5.91 Å². The first-order valence-electron chi connectivity index (χ1n) is 10.2. The van der Waals surface area contributed by atoms with Crippen LogP contribution in [0.2, 0.25) is 0 Å². The van der Waals surface area contributed by atoms with Gasteiger partial charge in [0.25, 0.3) is 0 Å². The Bertz CT molecular complexity index is 1300. The van der Waals surface area contributed by atoms with Gasteiger partial charge in [0.05, 0.1) is 16.7 Å². The second-order valence-electron chi connectivity index (χ2n) is 8.11. The summed E-state index contributed by atoms with van der Waals surface area (Å²) >= 11 is 0. The summed E-state index contributed by atoms with van der Waals surface area (Å²) in [5.41, 5.74) is 1.95. The lowest BCUT2D eigenvalue weighted by Crippen LogP contribution is -2.28. The van der Waals surface area contributed by atoms with Crippen molar-refractivity contribution < 1.29 is 33.0 Å². The van der Waals surface area contributed by atoms with Crippen LogP contribution < -0.4 is 14.8 Å². The molecule has 2 N–H and O–H groups in total. The van der Waals surface area contributed by atoms with Crippen LogP contribution in [-0.4, -0.2) is 28.3 Å². The lowest BCUT2D eigenvalue weighted by Gasteiger charge is -2.16. The van der Waals surface area contributed by atoms with Crippen LogP contribution >= 0.6 is 0 Å². The summed E-state index contributed by atoms with van der Waals surface area (Å²) in [5, 5.41) is 12.0. The van der Waals surface area contributed by atoms with Crippen molar-refractivity contribution in [3.05, 3.63) is 71.3 Å². The summed E-state index contributed by atoms with van der Waals surface area (Å²) in [6.45, 7) is 1.79. The van der Waals surface area contributed by atoms with Crippen LogP contribution in [0.1, 0.15) is 34.3 Å². The van der Waals surface area contributed by atoms with Gasteiger partial charge in [-0.15, -0.1) is 8.78 Å². The van der Waals surface area contributed by atoms with E-state index in [1.807, 2.05) is 0 Å². The molecular formula is C24H18F2N2O5. The van der Waals surface area contributed by atoms with Crippen LogP contribution in [0.3, 0.4) is 0 Å². The molecule has 0 radical (unpaired) electrons. The summed E-state index contributed by atoms with van der Waals surface area (Å²) in [7, 11) is 0. The van der Waals surface area contributed by atoms with Crippen molar-refractivity contribution in [3.8, 4) is 22.8 Å². The van der Waals surface area contributed by atoms with Crippen molar-refractivity contribution in [2.24, 2.45) is 0 Å². The number of aryl methyl sites for hydroxylation is 1. The Balaban J connectivity index is 1.38. The predicted molar refractivity (Wildman–Crippen MR) is 114 cm³/mol. The summed E-state index contributed by atoms with van der Waals surface area (Å²) < 4.78 is 35.6. The molecule has 1 aromatic heterocycles. The molecule has 5 rings (SSSR count). The molecule has 1 saturated carbocycles. The molecule has 33 heavy (non-hydrogen) atoms. The molecule has 3 aromatic rings. The highest BCUT2D eigenvalue weighted by Crippen LogP contribution is 2.52. The fourth-order valence-electron chi connectivity index (χ4n) is 3.99. The number of carbonyl (C=O) groups excluding carboxylic acids is 1. The van der Waals surface area contributed by atoms with Gasteiger partial charge in [-0.25, -0.2) is 9.78 Å². The molecule has 2 heterocycles. The van der Waals surface area contributed by atoms with E-state index < -0.39 is 17.7 Å². The first-order chi connectivity index (χ1) is 15.7. The average Bonchev–Trinajstić information content (AvgIpc) is 3.51. The van der Waals surface area contributed by atoms with Crippen molar-refractivity contribution in [1.29, 1.82) is 0 Å². The van der Waals surface area contributed by atoms with E-state index >= 15 is 0 Å². The molecule has 1 amide bonds. The summed E-state index contributed by atoms with van der Waals surface area (Å²) in [6.07, 6.45) is -2.60. The smallest absolute Gasteiger partial charge is 0.478 e. The predicted octanol–water partition coefficient (Wildman–Crippen LogP) is 4.75. The number of alkyl halides is 2. The Hall–Kier alpha value is -4.01. The summed E-state index contributed by atoms with van der Waals surface area (Å²) in [6, 6.07) is 14.3. The van der Waals surface area contributed by atoms with Crippen LogP contribution in [0.15, 0.2) is 54.6 Å². The summed E-state index contributed by atoms with van der Waals surface area (Å²) in [4.78, 5) is 28.8. The van der Waals surface area contributed by atoms with Gasteiger partial charge < -0.3 is 19.9 Å². The molecule has 168 valence electrons. The third kappa shape index (κ3) is 3.75. The Morgan fingerprint density at radius 1 is 1.03 bits per heavy atom. The molecule has 1 aliphatic heterocycles. The highest BCUT2D eigenvalue weighted by molar-refractivity contribution is 6.01. The number of aromatic nitrogens is 1. The minimum Gasteiger partial charge on any atom is -0.478 e. The first kappa shape index (κ1) is 20.9. The number of hydrogen-bond donors (Lipinski definition) is 2. The number of hydrogen-bond acceptors (Lipinski definition) is 5. The van der Waals surface area contributed by atoms with Crippen LogP contribution in [0.5, 0.6) is 11.5 Å². The third-order valence-corrected chi connectivity index (χ3v) is 5.88. The van der Waals surface area contributed by atoms with E-state index in [-0.39, 0.29) is 23.0 Å². The molecule has 1 aliphatic carbocycles. The lowest BCUT2D eigenvalue weighted by atomic mass is 9.94. The van der Waals surface area contributed by atoms with E-state index in [4.69, 9.17) is 5.11 Å². The van der Waals surface area contributed by atoms with Crippen LogP contribution in [0.4, 0.5) is 14.6 Å². The molecule has 2 aromatic carbocycles. The number of carbonyl (C=O) groups is 2. The van der Waals surface area contributed by atoms with Gasteiger partial charge in [-0.05, 0) is 67.3 Å². The number of aromatic carboxylic acids is 1. The molecular weight excluding hydrogens is 434 g/mol. The molecule has 0 unspecified atom stereocenters. The van der Waals surface area contributed by atoms with Gasteiger partial charge in [0.1, 0.15) is 5.82 Å².